The average molecular weight is 304 g/mol. The SMILES string of the molecule is Cc1ccc(Cl)cc1NC(=O)COc1cccc(C)c1C. The number of anilines is 1. The molecule has 1 N–H and O–H groups in total. The number of benzene rings is 2. The number of rotatable bonds is 4. The first-order valence-corrected chi connectivity index (χ1v) is 7.10. The molecule has 0 aliphatic rings. The summed E-state index contributed by atoms with van der Waals surface area (Å²) in [5, 5.41) is 3.40. The van der Waals surface area contributed by atoms with E-state index in [4.69, 9.17) is 16.3 Å². The first kappa shape index (κ1) is 15.4. The third kappa shape index (κ3) is 3.99. The van der Waals surface area contributed by atoms with Crippen LogP contribution in [-0.2, 0) is 4.79 Å². The summed E-state index contributed by atoms with van der Waals surface area (Å²) in [6.45, 7) is 5.87. The fraction of sp³-hybridized carbons (Fsp3) is 0.235. The molecular formula is C17H18ClNO2. The van der Waals surface area contributed by atoms with Crippen LogP contribution in [0.25, 0.3) is 0 Å². The molecule has 2 aromatic carbocycles. The highest BCUT2D eigenvalue weighted by atomic mass is 35.5. The summed E-state index contributed by atoms with van der Waals surface area (Å²) in [4.78, 5) is 12.0. The zero-order chi connectivity index (χ0) is 15.4. The molecular weight excluding hydrogens is 286 g/mol. The van der Waals surface area contributed by atoms with Crippen LogP contribution in [0, 0.1) is 20.8 Å². The number of hydrogen-bond donors (Lipinski definition) is 1. The van der Waals surface area contributed by atoms with E-state index in [1.165, 1.54) is 0 Å². The van der Waals surface area contributed by atoms with E-state index in [9.17, 15) is 4.79 Å². The van der Waals surface area contributed by atoms with Crippen molar-refractivity contribution in [2.24, 2.45) is 0 Å². The third-order valence-corrected chi connectivity index (χ3v) is 3.62. The summed E-state index contributed by atoms with van der Waals surface area (Å²) in [6.07, 6.45) is 0. The Kier molecular flexibility index (Phi) is 4.86. The second-order valence-corrected chi connectivity index (χ2v) is 5.43. The van der Waals surface area contributed by atoms with Crippen LogP contribution < -0.4 is 10.1 Å². The lowest BCUT2D eigenvalue weighted by molar-refractivity contribution is -0.118. The molecule has 4 heteroatoms. The van der Waals surface area contributed by atoms with E-state index in [-0.39, 0.29) is 12.5 Å². The van der Waals surface area contributed by atoms with Crippen LogP contribution in [0.2, 0.25) is 5.02 Å². The largest absolute Gasteiger partial charge is 0.483 e. The fourth-order valence-electron chi connectivity index (χ4n) is 1.94. The lowest BCUT2D eigenvalue weighted by atomic mass is 10.1. The summed E-state index contributed by atoms with van der Waals surface area (Å²) in [5.74, 6) is 0.522. The molecule has 0 atom stereocenters. The van der Waals surface area contributed by atoms with Crippen LogP contribution in [0.4, 0.5) is 5.69 Å². The highest BCUT2D eigenvalue weighted by molar-refractivity contribution is 6.31. The van der Waals surface area contributed by atoms with Crippen molar-refractivity contribution in [1.29, 1.82) is 0 Å². The van der Waals surface area contributed by atoms with Gasteiger partial charge in [-0.2, -0.15) is 0 Å². The van der Waals surface area contributed by atoms with Crippen molar-refractivity contribution in [2.75, 3.05) is 11.9 Å². The molecule has 2 rings (SSSR count). The van der Waals surface area contributed by atoms with Crippen LogP contribution in [0.1, 0.15) is 16.7 Å². The van der Waals surface area contributed by atoms with Gasteiger partial charge < -0.3 is 10.1 Å². The molecule has 21 heavy (non-hydrogen) atoms. The Labute approximate surface area is 129 Å². The molecule has 0 aliphatic carbocycles. The molecule has 1 amide bonds. The fourth-order valence-corrected chi connectivity index (χ4v) is 2.11. The molecule has 0 radical (unpaired) electrons. The molecule has 3 nitrogen and oxygen atoms in total. The minimum atomic E-state index is -0.207. The highest BCUT2D eigenvalue weighted by Gasteiger charge is 2.08. The number of hydrogen-bond acceptors (Lipinski definition) is 2. The van der Waals surface area contributed by atoms with Crippen LogP contribution in [0.15, 0.2) is 36.4 Å². The number of aryl methyl sites for hydroxylation is 2. The minimum Gasteiger partial charge on any atom is -0.483 e. The van der Waals surface area contributed by atoms with Crippen molar-refractivity contribution in [1.82, 2.24) is 0 Å². The Bertz CT molecular complexity index is 668. The molecule has 0 unspecified atom stereocenters. The van der Waals surface area contributed by atoms with Crippen molar-refractivity contribution < 1.29 is 9.53 Å². The van der Waals surface area contributed by atoms with E-state index >= 15 is 0 Å². The summed E-state index contributed by atoms with van der Waals surface area (Å²) < 4.78 is 5.58. The molecule has 110 valence electrons. The van der Waals surface area contributed by atoms with Gasteiger partial charge in [-0.3, -0.25) is 4.79 Å². The van der Waals surface area contributed by atoms with Crippen molar-refractivity contribution >= 4 is 23.2 Å². The van der Waals surface area contributed by atoms with Gasteiger partial charge in [-0.05, 0) is 55.7 Å². The molecule has 0 fully saturated rings. The van der Waals surface area contributed by atoms with Gasteiger partial charge in [0.1, 0.15) is 5.75 Å². The summed E-state index contributed by atoms with van der Waals surface area (Å²) >= 11 is 5.93. The van der Waals surface area contributed by atoms with Crippen molar-refractivity contribution in [2.45, 2.75) is 20.8 Å². The normalized spacial score (nSPS) is 10.3. The average Bonchev–Trinajstić information content (AvgIpc) is 2.44. The predicted octanol–water partition coefficient (Wildman–Crippen LogP) is 4.28. The Balaban J connectivity index is 1.99. The van der Waals surface area contributed by atoms with Crippen LogP contribution in [-0.4, -0.2) is 12.5 Å². The minimum absolute atomic E-state index is 0.0315. The molecule has 0 bridgehead atoms. The second-order valence-electron chi connectivity index (χ2n) is 4.99. The first-order valence-electron chi connectivity index (χ1n) is 6.72. The highest BCUT2D eigenvalue weighted by Crippen LogP contribution is 2.22. The predicted molar refractivity (Wildman–Crippen MR) is 86.2 cm³/mol. The van der Waals surface area contributed by atoms with Gasteiger partial charge in [0.25, 0.3) is 5.91 Å². The van der Waals surface area contributed by atoms with Gasteiger partial charge in [-0.1, -0.05) is 29.8 Å². The standard InChI is InChI=1S/C17H18ClNO2/c1-11-5-4-6-16(13(11)3)21-10-17(20)19-15-9-14(18)8-7-12(15)2/h4-9H,10H2,1-3H3,(H,19,20). The van der Waals surface area contributed by atoms with Gasteiger partial charge in [-0.15, -0.1) is 0 Å². The van der Waals surface area contributed by atoms with Gasteiger partial charge in [0.15, 0.2) is 6.61 Å². The summed E-state index contributed by atoms with van der Waals surface area (Å²) in [7, 11) is 0. The van der Waals surface area contributed by atoms with E-state index in [0.717, 1.165) is 22.4 Å². The third-order valence-electron chi connectivity index (χ3n) is 3.39. The molecule has 0 aliphatic heterocycles. The maximum Gasteiger partial charge on any atom is 0.262 e. The number of amides is 1. The Hall–Kier alpha value is -2.00. The number of nitrogens with one attached hydrogen (secondary N) is 1. The Morgan fingerprint density at radius 2 is 1.90 bits per heavy atom. The topological polar surface area (TPSA) is 38.3 Å². The zero-order valence-electron chi connectivity index (χ0n) is 12.4. The molecule has 0 saturated heterocycles. The molecule has 0 saturated carbocycles. The van der Waals surface area contributed by atoms with Gasteiger partial charge in [0.05, 0.1) is 0 Å². The Morgan fingerprint density at radius 1 is 1.14 bits per heavy atom. The number of carbonyl (C=O) groups is 1. The number of ether oxygens (including phenoxy) is 1. The van der Waals surface area contributed by atoms with Gasteiger partial charge in [0, 0.05) is 10.7 Å². The maximum atomic E-state index is 12.0. The van der Waals surface area contributed by atoms with Crippen LogP contribution >= 0.6 is 11.6 Å². The first-order chi connectivity index (χ1) is 9.97. The van der Waals surface area contributed by atoms with E-state index in [2.05, 4.69) is 5.32 Å². The summed E-state index contributed by atoms with van der Waals surface area (Å²) in [5.41, 5.74) is 3.85. The Morgan fingerprint density at radius 3 is 2.67 bits per heavy atom. The smallest absolute Gasteiger partial charge is 0.262 e. The van der Waals surface area contributed by atoms with E-state index in [0.29, 0.717) is 10.7 Å². The maximum absolute atomic E-state index is 12.0. The molecule has 2 aromatic rings. The van der Waals surface area contributed by atoms with E-state index in [1.807, 2.05) is 45.0 Å². The van der Waals surface area contributed by atoms with Crippen molar-refractivity contribution in [3.8, 4) is 5.75 Å². The van der Waals surface area contributed by atoms with Crippen LogP contribution in [0.5, 0.6) is 5.75 Å². The zero-order valence-corrected chi connectivity index (χ0v) is 13.1. The molecule has 0 heterocycles. The number of carbonyl (C=O) groups excluding carboxylic acids is 1. The van der Waals surface area contributed by atoms with Gasteiger partial charge >= 0.3 is 0 Å². The lowest BCUT2D eigenvalue weighted by Crippen LogP contribution is -2.21. The van der Waals surface area contributed by atoms with Gasteiger partial charge in [-0.25, -0.2) is 0 Å². The van der Waals surface area contributed by atoms with Gasteiger partial charge in [0.2, 0.25) is 0 Å². The summed E-state index contributed by atoms with van der Waals surface area (Å²) in [6, 6.07) is 11.2. The molecule has 0 spiro atoms. The monoisotopic (exact) mass is 303 g/mol. The van der Waals surface area contributed by atoms with E-state index in [1.54, 1.807) is 12.1 Å². The quantitative estimate of drug-likeness (QED) is 0.915. The lowest BCUT2D eigenvalue weighted by Gasteiger charge is -2.12. The number of halogens is 1. The van der Waals surface area contributed by atoms with Crippen LogP contribution in [0.3, 0.4) is 0 Å². The van der Waals surface area contributed by atoms with Crippen molar-refractivity contribution in [3.63, 3.8) is 0 Å². The van der Waals surface area contributed by atoms with E-state index < -0.39 is 0 Å². The van der Waals surface area contributed by atoms with Crippen molar-refractivity contribution in [3.05, 3.63) is 58.1 Å². The molecule has 0 aromatic heterocycles. The second kappa shape index (κ2) is 6.64.